The summed E-state index contributed by atoms with van der Waals surface area (Å²) in [5.74, 6) is 0. The van der Waals surface area contributed by atoms with Gasteiger partial charge in [0.15, 0.2) is 0 Å². The van der Waals surface area contributed by atoms with E-state index < -0.39 is 96.7 Å². The van der Waals surface area contributed by atoms with Crippen LogP contribution in [0.5, 0.6) is 0 Å². The Bertz CT molecular complexity index is 4030. The highest BCUT2D eigenvalue weighted by Crippen LogP contribution is 2.44. The van der Waals surface area contributed by atoms with Crippen molar-refractivity contribution >= 4 is 75.4 Å². The molecule has 11 aromatic carbocycles. The van der Waals surface area contributed by atoms with Crippen molar-refractivity contribution in [2.24, 2.45) is 0 Å². The Morgan fingerprint density at radius 2 is 0.729 bits per heavy atom. The highest BCUT2D eigenvalue weighted by Gasteiger charge is 2.17. The largest absolute Gasteiger partial charge is 0.0630 e. The van der Waals surface area contributed by atoms with Crippen molar-refractivity contribution in [3.63, 3.8) is 0 Å². The Hall–Kier alpha value is -6.24. The van der Waals surface area contributed by atoms with E-state index in [4.69, 9.17) is 16.4 Å². The number of fused-ring (bicyclic) bond motifs is 1. The van der Waals surface area contributed by atoms with Crippen LogP contribution in [0.1, 0.15) is 24.7 Å². The zero-order valence-corrected chi connectivity index (χ0v) is 24.8. The SMILES string of the molecule is [2H]c1c([2H])c2c([2H])c([2H])c3c([2H])c([2H])c(-c4cccc(-c5ccc(-c6c([2H])c([2H])c7c([2H])c([2H])c8c([2H])c([2H])c([2H])c9c([2H])c([2H])c6c7c89)c6ccccc56)c4)c4c([2H])c([2H])c(c1[2H])c2c34. The Kier molecular flexibility index (Phi) is 2.86. The summed E-state index contributed by atoms with van der Waals surface area (Å²) in [6.45, 7) is 0. The van der Waals surface area contributed by atoms with Crippen molar-refractivity contribution in [3.05, 3.63) is 169 Å². The summed E-state index contributed by atoms with van der Waals surface area (Å²) in [5.41, 5.74) is 2.17. The molecule has 0 fully saturated rings. The van der Waals surface area contributed by atoms with Gasteiger partial charge in [0.2, 0.25) is 0 Å². The van der Waals surface area contributed by atoms with Gasteiger partial charge in [-0.3, -0.25) is 0 Å². The quantitative estimate of drug-likeness (QED) is 0.172. The molecule has 48 heavy (non-hydrogen) atoms. The Morgan fingerprint density at radius 1 is 0.292 bits per heavy atom. The summed E-state index contributed by atoms with van der Waals surface area (Å²) in [6, 6.07) is 9.34. The van der Waals surface area contributed by atoms with Gasteiger partial charge in [-0.05, 0) is 115 Å². The molecule has 0 radical (unpaired) electrons. The van der Waals surface area contributed by atoms with Crippen molar-refractivity contribution in [3.8, 4) is 33.4 Å². The first kappa shape index (κ1) is 14.3. The summed E-state index contributed by atoms with van der Waals surface area (Å²) >= 11 is 0. The summed E-state index contributed by atoms with van der Waals surface area (Å²) in [7, 11) is 0. The lowest BCUT2D eigenvalue weighted by atomic mass is 9.86. The summed E-state index contributed by atoms with van der Waals surface area (Å²) in [4.78, 5) is 0. The minimum atomic E-state index is -0.557. The predicted octanol–water partition coefficient (Wildman–Crippen LogP) is 13.6. The van der Waals surface area contributed by atoms with E-state index in [-0.39, 0.29) is 87.8 Å². The van der Waals surface area contributed by atoms with Gasteiger partial charge >= 0.3 is 0 Å². The lowest BCUT2D eigenvalue weighted by Gasteiger charge is -2.17. The lowest BCUT2D eigenvalue weighted by Crippen LogP contribution is -1.90. The van der Waals surface area contributed by atoms with E-state index in [1.807, 2.05) is 6.07 Å². The number of benzene rings is 11. The van der Waals surface area contributed by atoms with E-state index in [0.29, 0.717) is 33.0 Å². The van der Waals surface area contributed by atoms with Crippen LogP contribution in [0.15, 0.2) is 169 Å². The zero-order chi connectivity index (χ0) is 47.0. The number of hydrogen-bond donors (Lipinski definition) is 0. The topological polar surface area (TPSA) is 0 Å². The molecular weight excluding hydrogens is 577 g/mol. The average Bonchev–Trinajstić information content (AvgIpc) is 3.30. The molecule has 0 amide bonds. The van der Waals surface area contributed by atoms with Crippen LogP contribution in [0, 0.1) is 0 Å². The van der Waals surface area contributed by atoms with Crippen LogP contribution in [-0.4, -0.2) is 0 Å². The average molecular weight is 623 g/mol. The second-order valence-electron chi connectivity index (χ2n) is 11.8. The first-order valence-electron chi connectivity index (χ1n) is 24.3. The molecule has 11 aromatic rings. The maximum atomic E-state index is 9.40. The maximum absolute atomic E-state index is 9.40. The molecule has 0 heterocycles. The fourth-order valence-corrected chi connectivity index (χ4v) is 7.15. The van der Waals surface area contributed by atoms with Gasteiger partial charge in [0.25, 0.3) is 0 Å². The first-order valence-corrected chi connectivity index (χ1v) is 15.3. The Labute approximate surface area is 303 Å². The summed E-state index contributed by atoms with van der Waals surface area (Å²) < 4.78 is 161. The van der Waals surface area contributed by atoms with Crippen LogP contribution in [-0.2, 0) is 0 Å². The lowest BCUT2D eigenvalue weighted by molar-refractivity contribution is 1.62. The molecule has 0 saturated heterocycles. The van der Waals surface area contributed by atoms with E-state index >= 15 is 0 Å². The van der Waals surface area contributed by atoms with Gasteiger partial charge in [-0.25, -0.2) is 0 Å². The Morgan fingerprint density at radius 3 is 1.33 bits per heavy atom. The maximum Gasteiger partial charge on any atom is 0.0630 e. The molecule has 0 spiro atoms. The molecule has 0 aliphatic carbocycles. The molecule has 0 N–H and O–H groups in total. The molecule has 0 bridgehead atoms. The smallest absolute Gasteiger partial charge is 0.0616 e. The zero-order valence-electron chi connectivity index (χ0n) is 42.8. The Balaban J connectivity index is 1.20. The third-order valence-electron chi connectivity index (χ3n) is 9.28. The molecule has 220 valence electrons. The van der Waals surface area contributed by atoms with Crippen molar-refractivity contribution < 1.29 is 24.7 Å². The van der Waals surface area contributed by atoms with Crippen molar-refractivity contribution in [1.29, 1.82) is 0 Å². The monoisotopic (exact) mass is 622 g/mol. The van der Waals surface area contributed by atoms with E-state index in [1.54, 1.807) is 54.6 Å². The standard InChI is InChI=1S/C48H28/c1-2-13-40-39(12-1)37(26-27-41(40)42-23-19-34-17-15-30-7-4-9-32-21-25-44(42)48(34)46(30)32)35-10-5-11-36(28-35)38-22-18-33-16-14-29-6-3-8-31-20-24-43(38)47(33)45(29)31/h1-28H/i3D,4D,6D,7D,8D,9D,14D,15D,16D,17D,18D,19D,20D,21D,22D,23D,24D,25D. The third-order valence-corrected chi connectivity index (χ3v) is 9.28. The second kappa shape index (κ2) is 9.64. The van der Waals surface area contributed by atoms with Crippen LogP contribution in [0.3, 0.4) is 0 Å². The van der Waals surface area contributed by atoms with Crippen LogP contribution in [0.25, 0.3) is 109 Å². The van der Waals surface area contributed by atoms with Gasteiger partial charge in [-0.1, -0.05) is 163 Å². The van der Waals surface area contributed by atoms with Gasteiger partial charge < -0.3 is 0 Å². The normalized spacial score (nSPS) is 17.4. The van der Waals surface area contributed by atoms with E-state index in [0.717, 1.165) is 0 Å². The van der Waals surface area contributed by atoms with Gasteiger partial charge in [-0.2, -0.15) is 0 Å². The number of rotatable bonds is 3. The second-order valence-corrected chi connectivity index (χ2v) is 11.8. The molecule has 0 nitrogen and oxygen atoms in total. The van der Waals surface area contributed by atoms with E-state index in [9.17, 15) is 8.22 Å². The molecule has 0 aliphatic rings. The summed E-state index contributed by atoms with van der Waals surface area (Å²) in [5, 5.41) is 0.674. The van der Waals surface area contributed by atoms with Gasteiger partial charge in [-0.15, -0.1) is 0 Å². The minimum Gasteiger partial charge on any atom is -0.0616 e. The fraction of sp³-hybridized carbons (Fsp3) is 0. The predicted molar refractivity (Wildman–Crippen MR) is 208 cm³/mol. The van der Waals surface area contributed by atoms with Crippen LogP contribution in [0.4, 0.5) is 0 Å². The fourth-order valence-electron chi connectivity index (χ4n) is 7.15. The molecule has 0 aliphatic heterocycles. The summed E-state index contributed by atoms with van der Waals surface area (Å²) in [6.07, 6.45) is 0. The first-order chi connectivity index (χ1) is 31.3. The molecule has 0 saturated carbocycles. The molecule has 11 rings (SSSR count). The van der Waals surface area contributed by atoms with E-state index in [1.165, 1.54) is 0 Å². The van der Waals surface area contributed by atoms with E-state index in [2.05, 4.69) is 0 Å². The third kappa shape index (κ3) is 3.55. The molecular formula is C48H28. The minimum absolute atomic E-state index is 0.0291. The molecule has 0 aromatic heterocycles. The number of hydrogen-bond acceptors (Lipinski definition) is 0. The highest BCUT2D eigenvalue weighted by atomic mass is 14.2. The van der Waals surface area contributed by atoms with Crippen molar-refractivity contribution in [2.45, 2.75) is 0 Å². The molecule has 0 atom stereocenters. The van der Waals surface area contributed by atoms with Crippen LogP contribution in [0.2, 0.25) is 0 Å². The van der Waals surface area contributed by atoms with Gasteiger partial charge in [0, 0.05) is 0 Å². The molecule has 0 heteroatoms. The van der Waals surface area contributed by atoms with Crippen molar-refractivity contribution in [1.82, 2.24) is 0 Å². The molecule has 0 unspecified atom stereocenters. The van der Waals surface area contributed by atoms with Crippen LogP contribution >= 0.6 is 0 Å². The van der Waals surface area contributed by atoms with Crippen LogP contribution < -0.4 is 0 Å². The van der Waals surface area contributed by atoms with Crippen molar-refractivity contribution in [2.75, 3.05) is 0 Å². The van der Waals surface area contributed by atoms with Gasteiger partial charge in [0.05, 0.1) is 24.7 Å². The van der Waals surface area contributed by atoms with Gasteiger partial charge in [0.1, 0.15) is 0 Å². The highest BCUT2D eigenvalue weighted by molar-refractivity contribution is 6.27.